The Labute approximate surface area is 175 Å². The van der Waals surface area contributed by atoms with Crippen molar-refractivity contribution < 1.29 is 13.2 Å². The van der Waals surface area contributed by atoms with Gasteiger partial charge in [0.25, 0.3) is 0 Å². The number of hydrogen-bond donors (Lipinski definition) is 1. The van der Waals surface area contributed by atoms with Crippen molar-refractivity contribution in [2.75, 3.05) is 18.7 Å². The standard InChI is InChI=1S/C21H25N3O3S2/c1-27-12-18-23-20(22-15-9-6-10-16(11-15)29(2,25)26)19-17(13-28-21(19)24-18)14-7-4-3-5-8-14/h3-5,7-8,13,15-16H,6,9-12H2,1-2H3,(H,22,23,24). The highest BCUT2D eigenvalue weighted by Gasteiger charge is 2.29. The minimum atomic E-state index is -3.04. The molecule has 4 rings (SSSR count). The van der Waals surface area contributed by atoms with Gasteiger partial charge in [0, 0.05) is 30.4 Å². The lowest BCUT2D eigenvalue weighted by Gasteiger charge is -2.29. The number of sulfone groups is 1. The number of hydrogen-bond acceptors (Lipinski definition) is 7. The smallest absolute Gasteiger partial charge is 0.158 e. The molecule has 2 atom stereocenters. The molecular weight excluding hydrogens is 406 g/mol. The van der Waals surface area contributed by atoms with E-state index >= 15 is 0 Å². The third kappa shape index (κ3) is 4.44. The topological polar surface area (TPSA) is 81.2 Å². The zero-order chi connectivity index (χ0) is 20.4. The fraction of sp³-hybridized carbons (Fsp3) is 0.429. The summed E-state index contributed by atoms with van der Waals surface area (Å²) in [6.45, 7) is 0.333. The van der Waals surface area contributed by atoms with Crippen molar-refractivity contribution >= 4 is 37.2 Å². The summed E-state index contributed by atoms with van der Waals surface area (Å²) < 4.78 is 29.4. The summed E-state index contributed by atoms with van der Waals surface area (Å²) in [5, 5.41) is 6.36. The van der Waals surface area contributed by atoms with Gasteiger partial charge in [-0.3, -0.25) is 0 Å². The first kappa shape index (κ1) is 20.3. The van der Waals surface area contributed by atoms with Gasteiger partial charge in [-0.25, -0.2) is 18.4 Å². The Morgan fingerprint density at radius 1 is 1.21 bits per heavy atom. The maximum atomic E-state index is 12.1. The summed E-state index contributed by atoms with van der Waals surface area (Å²) >= 11 is 1.59. The Bertz CT molecular complexity index is 1100. The molecule has 0 radical (unpaired) electrons. The van der Waals surface area contributed by atoms with Crippen LogP contribution in [-0.2, 0) is 21.2 Å². The summed E-state index contributed by atoms with van der Waals surface area (Å²) in [6.07, 6.45) is 4.51. The van der Waals surface area contributed by atoms with Crippen molar-refractivity contribution in [3.63, 3.8) is 0 Å². The SMILES string of the molecule is COCc1nc(NC2CCCC(S(C)(=O)=O)C2)c2c(-c3ccccc3)csc2n1. The molecule has 2 aromatic heterocycles. The third-order valence-corrected chi connectivity index (χ3v) is 7.92. The number of ether oxygens (including phenoxy) is 1. The molecule has 1 fully saturated rings. The van der Waals surface area contributed by atoms with Crippen molar-refractivity contribution in [2.45, 2.75) is 43.6 Å². The molecule has 1 aliphatic rings. The Hall–Kier alpha value is -2.03. The zero-order valence-corrected chi connectivity index (χ0v) is 18.2. The van der Waals surface area contributed by atoms with E-state index in [1.807, 2.05) is 18.2 Å². The molecule has 0 aliphatic heterocycles. The predicted octanol–water partition coefficient (Wildman–Crippen LogP) is 4.27. The summed E-state index contributed by atoms with van der Waals surface area (Å²) in [6, 6.07) is 10.3. The number of anilines is 1. The lowest BCUT2D eigenvalue weighted by molar-refractivity contribution is 0.178. The molecule has 2 unspecified atom stereocenters. The Kier molecular flexibility index (Phi) is 5.85. The van der Waals surface area contributed by atoms with E-state index in [-0.39, 0.29) is 11.3 Å². The average Bonchev–Trinajstić information content (AvgIpc) is 3.13. The molecule has 1 aliphatic carbocycles. The van der Waals surface area contributed by atoms with Gasteiger partial charge in [0.15, 0.2) is 5.82 Å². The molecule has 1 saturated carbocycles. The highest BCUT2D eigenvalue weighted by Crippen LogP contribution is 2.38. The summed E-state index contributed by atoms with van der Waals surface area (Å²) in [7, 11) is -1.41. The lowest BCUT2D eigenvalue weighted by Crippen LogP contribution is -2.34. The van der Waals surface area contributed by atoms with Gasteiger partial charge in [0.05, 0.1) is 10.6 Å². The van der Waals surface area contributed by atoms with Gasteiger partial charge in [-0.2, -0.15) is 0 Å². The molecule has 1 N–H and O–H groups in total. The van der Waals surface area contributed by atoms with Crippen molar-refractivity contribution in [1.29, 1.82) is 0 Å². The first-order valence-electron chi connectivity index (χ1n) is 9.73. The quantitative estimate of drug-likeness (QED) is 0.628. The van der Waals surface area contributed by atoms with E-state index in [2.05, 4.69) is 27.8 Å². The average molecular weight is 432 g/mol. The van der Waals surface area contributed by atoms with Crippen LogP contribution in [0.1, 0.15) is 31.5 Å². The maximum absolute atomic E-state index is 12.1. The largest absolute Gasteiger partial charge is 0.377 e. The van der Waals surface area contributed by atoms with E-state index in [1.54, 1.807) is 18.4 Å². The highest BCUT2D eigenvalue weighted by molar-refractivity contribution is 7.91. The minimum Gasteiger partial charge on any atom is -0.377 e. The van der Waals surface area contributed by atoms with Crippen molar-refractivity contribution in [3.8, 4) is 11.1 Å². The van der Waals surface area contributed by atoms with Gasteiger partial charge in [-0.15, -0.1) is 11.3 Å². The predicted molar refractivity (Wildman–Crippen MR) is 118 cm³/mol. The molecule has 29 heavy (non-hydrogen) atoms. The van der Waals surface area contributed by atoms with Crippen LogP contribution in [0.3, 0.4) is 0 Å². The van der Waals surface area contributed by atoms with Crippen molar-refractivity contribution in [2.24, 2.45) is 0 Å². The first-order chi connectivity index (χ1) is 14.0. The van der Waals surface area contributed by atoms with E-state index in [9.17, 15) is 8.42 Å². The Balaban J connectivity index is 1.74. The van der Waals surface area contributed by atoms with E-state index in [0.717, 1.165) is 46.4 Å². The molecule has 0 amide bonds. The molecule has 2 heterocycles. The van der Waals surface area contributed by atoms with Crippen LogP contribution in [0.15, 0.2) is 35.7 Å². The zero-order valence-electron chi connectivity index (χ0n) is 16.6. The Morgan fingerprint density at radius 2 is 2.00 bits per heavy atom. The number of aromatic nitrogens is 2. The van der Waals surface area contributed by atoms with E-state index in [0.29, 0.717) is 18.9 Å². The van der Waals surface area contributed by atoms with Crippen LogP contribution >= 0.6 is 11.3 Å². The van der Waals surface area contributed by atoms with E-state index in [4.69, 9.17) is 9.72 Å². The monoisotopic (exact) mass is 431 g/mol. The number of nitrogens with zero attached hydrogens (tertiary/aromatic N) is 2. The molecule has 0 saturated heterocycles. The van der Waals surface area contributed by atoms with Crippen molar-refractivity contribution in [3.05, 3.63) is 41.5 Å². The number of rotatable bonds is 6. The maximum Gasteiger partial charge on any atom is 0.158 e. The van der Waals surface area contributed by atoms with Gasteiger partial charge < -0.3 is 10.1 Å². The van der Waals surface area contributed by atoms with Crippen LogP contribution in [0.4, 0.5) is 5.82 Å². The molecule has 1 aromatic carbocycles. The van der Waals surface area contributed by atoms with Crippen LogP contribution in [0.2, 0.25) is 0 Å². The number of benzene rings is 1. The number of thiophene rings is 1. The Morgan fingerprint density at radius 3 is 2.72 bits per heavy atom. The van der Waals surface area contributed by atoms with E-state index < -0.39 is 9.84 Å². The van der Waals surface area contributed by atoms with Crippen LogP contribution in [-0.4, -0.2) is 43.0 Å². The minimum absolute atomic E-state index is 0.0699. The number of nitrogens with one attached hydrogen (secondary N) is 1. The number of methoxy groups -OCH3 is 1. The third-order valence-electron chi connectivity index (χ3n) is 5.41. The normalized spacial score (nSPS) is 20.1. The van der Waals surface area contributed by atoms with Crippen molar-refractivity contribution in [1.82, 2.24) is 9.97 Å². The molecule has 8 heteroatoms. The van der Waals surface area contributed by atoms with E-state index in [1.165, 1.54) is 6.26 Å². The van der Waals surface area contributed by atoms with Gasteiger partial charge >= 0.3 is 0 Å². The molecular formula is C21H25N3O3S2. The fourth-order valence-corrected chi connectivity index (χ4v) is 6.12. The van der Waals surface area contributed by atoms with Crippen LogP contribution in [0.5, 0.6) is 0 Å². The summed E-state index contributed by atoms with van der Waals surface area (Å²) in [5.74, 6) is 1.39. The van der Waals surface area contributed by atoms with Crippen LogP contribution < -0.4 is 5.32 Å². The summed E-state index contributed by atoms with van der Waals surface area (Å²) in [4.78, 5) is 10.3. The van der Waals surface area contributed by atoms with Gasteiger partial charge in [-0.05, 0) is 24.8 Å². The van der Waals surface area contributed by atoms with Gasteiger partial charge in [0.1, 0.15) is 27.1 Å². The second kappa shape index (κ2) is 8.38. The summed E-state index contributed by atoms with van der Waals surface area (Å²) in [5.41, 5.74) is 2.20. The van der Waals surface area contributed by atoms with Gasteiger partial charge in [-0.1, -0.05) is 36.8 Å². The second-order valence-corrected chi connectivity index (χ2v) is 10.8. The molecule has 3 aromatic rings. The lowest BCUT2D eigenvalue weighted by atomic mass is 9.94. The van der Waals surface area contributed by atoms with Gasteiger partial charge in [0.2, 0.25) is 0 Å². The number of fused-ring (bicyclic) bond motifs is 1. The molecule has 0 spiro atoms. The van der Waals surface area contributed by atoms with Crippen LogP contribution in [0, 0.1) is 0 Å². The molecule has 154 valence electrons. The first-order valence-corrected chi connectivity index (χ1v) is 12.6. The van der Waals surface area contributed by atoms with Crippen LogP contribution in [0.25, 0.3) is 21.3 Å². The fourth-order valence-electron chi connectivity index (χ4n) is 3.97. The second-order valence-electron chi connectivity index (χ2n) is 7.58. The highest BCUT2D eigenvalue weighted by atomic mass is 32.2. The molecule has 6 nitrogen and oxygen atoms in total. The molecule has 0 bridgehead atoms.